The van der Waals surface area contributed by atoms with E-state index in [0.29, 0.717) is 0 Å². The summed E-state index contributed by atoms with van der Waals surface area (Å²) in [5.74, 6) is 0. The van der Waals surface area contributed by atoms with Crippen LogP contribution >= 0.6 is 0 Å². The van der Waals surface area contributed by atoms with Gasteiger partial charge >= 0.3 is 0 Å². The molecule has 0 bridgehead atoms. The maximum Gasteiger partial charge on any atom is 0.101 e. The molecule has 0 aliphatic rings. The molecule has 1 radical (unpaired) electrons. The van der Waals surface area contributed by atoms with Crippen LogP contribution in [0.5, 0.6) is 0 Å². The summed E-state index contributed by atoms with van der Waals surface area (Å²) in [6, 6.07) is 0. The molecule has 0 saturated carbocycles. The van der Waals surface area contributed by atoms with E-state index in [-0.39, 0.29) is 39.1 Å². The van der Waals surface area contributed by atoms with Crippen molar-refractivity contribution in [3.05, 3.63) is 0 Å². The van der Waals surface area contributed by atoms with Crippen molar-refractivity contribution in [2.24, 2.45) is 0 Å². The zero-order chi connectivity index (χ0) is 5.91. The van der Waals surface area contributed by atoms with Gasteiger partial charge in [0.05, 0.1) is 27.7 Å². The minimum absolute atomic E-state index is 0. The van der Waals surface area contributed by atoms with E-state index in [2.05, 4.69) is 21.1 Å². The first-order valence-corrected chi connectivity index (χ1v) is 2.47. The fourth-order valence-electron chi connectivity index (χ4n) is 0.300. The fraction of sp³-hybridized carbons (Fsp3) is 1.00. The number of nitrogens with zero attached hydrogens (tertiary/aromatic N) is 1. The predicted molar refractivity (Wildman–Crippen MR) is 30.0 cm³/mol. The first kappa shape index (κ1) is 16.4. The quantitative estimate of drug-likeness (QED) is 0.500. The Balaban J connectivity index is -0.000000180. The van der Waals surface area contributed by atoms with E-state index in [4.69, 9.17) is 5.11 Å². The normalized spacial score (nSPS) is 9.33. The smallest absolute Gasteiger partial charge is 0.101 e. The average Bonchev–Trinajstić information content (AvgIpc) is 1.30. The van der Waals surface area contributed by atoms with Crippen molar-refractivity contribution >= 4 is 0 Å². The molecule has 0 rings (SSSR count). The summed E-state index contributed by atoms with van der Waals surface area (Å²) in [4.78, 5) is 0. The Bertz CT molecular complexity index is 55.4. The molecule has 0 spiro atoms. The molecule has 1 N–H and O–H groups in total. The van der Waals surface area contributed by atoms with Gasteiger partial charge in [-0.05, 0) is 0 Å². The van der Waals surface area contributed by atoms with Crippen LogP contribution in [-0.2, 0) is 20.1 Å². The van der Waals surface area contributed by atoms with Gasteiger partial charge in [0, 0.05) is 20.1 Å². The van der Waals surface area contributed by atoms with Crippen LogP contribution in [0.1, 0.15) is 0 Å². The molecule has 9 heavy (non-hydrogen) atoms. The number of aliphatic hydroxyl groups excluding tert-OH is 1. The molecule has 4 heteroatoms. The number of halogens is 1. The molecule has 0 heterocycles. The Hall–Kier alpha value is 0.859. The molecule has 0 unspecified atom stereocenters. The molecule has 0 amide bonds. The van der Waals surface area contributed by atoms with E-state index in [9.17, 15) is 0 Å². The third kappa shape index (κ3) is 17.7. The van der Waals surface area contributed by atoms with Gasteiger partial charge < -0.3 is 22.0 Å². The molecule has 59 valence electrons. The molecule has 0 aromatic rings. The number of quaternary nitrogens is 1. The van der Waals surface area contributed by atoms with Gasteiger partial charge in [0.25, 0.3) is 0 Å². The molecule has 0 aliphatic carbocycles. The minimum atomic E-state index is 0. The van der Waals surface area contributed by atoms with Crippen molar-refractivity contribution < 1.29 is 42.1 Å². The second kappa shape index (κ2) is 6.97. The maximum atomic E-state index is 8.39. The summed E-state index contributed by atoms with van der Waals surface area (Å²) in [5.41, 5.74) is 0. The predicted octanol–water partition coefficient (Wildman–Crippen LogP) is -3.31. The Morgan fingerprint density at radius 1 is 1.22 bits per heavy atom. The van der Waals surface area contributed by atoms with Crippen molar-refractivity contribution in [3.8, 4) is 0 Å². The fourth-order valence-corrected chi connectivity index (χ4v) is 0.300. The molecule has 0 fully saturated rings. The summed E-state index contributed by atoms with van der Waals surface area (Å²) in [6.07, 6.45) is 0. The Labute approximate surface area is 76.6 Å². The summed E-state index contributed by atoms with van der Waals surface area (Å²) >= 11 is 0. The van der Waals surface area contributed by atoms with Crippen LogP contribution in [0, 0.1) is 0 Å². The van der Waals surface area contributed by atoms with Gasteiger partial charge in [-0.15, -0.1) is 0 Å². The van der Waals surface area contributed by atoms with Gasteiger partial charge in [-0.2, -0.15) is 0 Å². The largest absolute Gasteiger partial charge is 1.00 e. The average molecular weight is 239 g/mol. The molecule has 0 atom stereocenters. The van der Waals surface area contributed by atoms with Crippen LogP contribution in [0.4, 0.5) is 0 Å². The van der Waals surface area contributed by atoms with Gasteiger partial charge in [-0.1, -0.05) is 0 Å². The summed E-state index contributed by atoms with van der Waals surface area (Å²) in [5, 5.41) is 8.39. The number of hydrogen-bond donors (Lipinski definition) is 1. The van der Waals surface area contributed by atoms with Crippen LogP contribution in [0.3, 0.4) is 0 Å². The maximum absolute atomic E-state index is 8.39. The molecular weight excluding hydrogens is 224 g/mol. The first-order chi connectivity index (χ1) is 3.06. The van der Waals surface area contributed by atoms with Crippen LogP contribution < -0.4 is 12.4 Å². The summed E-state index contributed by atoms with van der Waals surface area (Å²) in [6.45, 7) is 1.11. The minimum Gasteiger partial charge on any atom is -1.00 e. The van der Waals surface area contributed by atoms with Crippen LogP contribution in [0.15, 0.2) is 0 Å². The SMILES string of the molecule is C[N+](C)(C)CCO.[99Tc].[Cl-]. The first-order valence-electron chi connectivity index (χ1n) is 2.47. The van der Waals surface area contributed by atoms with Crippen molar-refractivity contribution in [2.75, 3.05) is 34.3 Å². The standard InChI is InChI=1S/C5H14NO.ClH.Tc/c1-6(2,3)4-5-7;;/h7H,4-5H2,1-3H3;1H;/q+1;;/p-1/i;;1+1. The summed E-state index contributed by atoms with van der Waals surface area (Å²) < 4.78 is 0.844. The number of rotatable bonds is 2. The van der Waals surface area contributed by atoms with E-state index in [1.165, 1.54) is 0 Å². The van der Waals surface area contributed by atoms with Crippen molar-refractivity contribution in [1.82, 2.24) is 0 Å². The Morgan fingerprint density at radius 2 is 1.56 bits per heavy atom. The Kier molecular flexibility index (Phi) is 12.7. The van der Waals surface area contributed by atoms with Gasteiger partial charge in [0.1, 0.15) is 6.54 Å². The monoisotopic (exact) mass is 238 g/mol. The Morgan fingerprint density at radius 3 is 1.56 bits per heavy atom. The molecule has 0 aromatic heterocycles. The van der Waals surface area contributed by atoms with Crippen LogP contribution in [0.2, 0.25) is 0 Å². The molecule has 0 aromatic carbocycles. The van der Waals surface area contributed by atoms with Crippen LogP contribution in [0.25, 0.3) is 0 Å². The van der Waals surface area contributed by atoms with Gasteiger partial charge in [-0.3, -0.25) is 0 Å². The topological polar surface area (TPSA) is 20.2 Å². The van der Waals surface area contributed by atoms with E-state index < -0.39 is 0 Å². The number of likely N-dealkylation sites (N-methyl/N-ethyl adjacent to an activating group) is 1. The van der Waals surface area contributed by atoms with Gasteiger partial charge in [0.2, 0.25) is 0 Å². The molecule has 0 aliphatic heterocycles. The molecule has 0 saturated heterocycles. The zero-order valence-electron chi connectivity index (χ0n) is 6.06. The van der Waals surface area contributed by atoms with Crippen LogP contribution in [-0.4, -0.2) is 43.9 Å². The van der Waals surface area contributed by atoms with E-state index in [0.717, 1.165) is 11.0 Å². The van der Waals surface area contributed by atoms with E-state index >= 15 is 0 Å². The second-order valence-corrected chi connectivity index (χ2v) is 2.74. The van der Waals surface area contributed by atoms with Crippen molar-refractivity contribution in [2.45, 2.75) is 0 Å². The van der Waals surface area contributed by atoms with Gasteiger partial charge in [-0.25, -0.2) is 0 Å². The number of hydrogen-bond acceptors (Lipinski definition) is 1. The third-order valence-electron chi connectivity index (χ3n) is 0.771. The van der Waals surface area contributed by atoms with Gasteiger partial charge in [0.15, 0.2) is 0 Å². The second-order valence-electron chi connectivity index (χ2n) is 2.74. The van der Waals surface area contributed by atoms with Crippen molar-refractivity contribution in [3.63, 3.8) is 0 Å². The van der Waals surface area contributed by atoms with E-state index in [1.807, 2.05) is 0 Å². The number of aliphatic hydroxyl groups is 1. The molecular formula is C5H14ClNOTc. The van der Waals surface area contributed by atoms with E-state index in [1.54, 1.807) is 0 Å². The zero-order valence-corrected chi connectivity index (χ0v) is 8.68. The molecule has 2 nitrogen and oxygen atoms in total. The summed E-state index contributed by atoms with van der Waals surface area (Å²) in [7, 11) is 6.16. The van der Waals surface area contributed by atoms with Crippen molar-refractivity contribution in [1.29, 1.82) is 0 Å². The third-order valence-corrected chi connectivity index (χ3v) is 0.771.